The second-order valence-electron chi connectivity index (χ2n) is 14.4. The summed E-state index contributed by atoms with van der Waals surface area (Å²) in [4.78, 5) is 15.8. The van der Waals surface area contributed by atoms with Crippen molar-refractivity contribution in [3.05, 3.63) is 206 Å². The quantitative estimate of drug-likeness (QED) is 0.163. The van der Waals surface area contributed by atoms with Gasteiger partial charge in [0.05, 0.1) is 5.69 Å². The highest BCUT2D eigenvalue weighted by molar-refractivity contribution is 6.06. The van der Waals surface area contributed by atoms with Gasteiger partial charge in [0.2, 0.25) is 0 Å². The van der Waals surface area contributed by atoms with Gasteiger partial charge in [-0.25, -0.2) is 19.5 Å². The molecule has 4 aromatic heterocycles. The second-order valence-corrected chi connectivity index (χ2v) is 14.4. The Bertz CT molecular complexity index is 3260. The molecule has 7 aromatic carbocycles. The Morgan fingerprint density at radius 1 is 0.328 bits per heavy atom. The van der Waals surface area contributed by atoms with Gasteiger partial charge in [0.15, 0.2) is 17.3 Å². The zero-order valence-corrected chi connectivity index (χ0v) is 31.3. The van der Waals surface area contributed by atoms with E-state index in [-0.39, 0.29) is 0 Å². The third-order valence-electron chi connectivity index (χ3n) is 10.8. The van der Waals surface area contributed by atoms with Gasteiger partial charge >= 0.3 is 0 Å². The summed E-state index contributed by atoms with van der Waals surface area (Å²) < 4.78 is 4.14. The Kier molecular flexibility index (Phi) is 8.04. The van der Waals surface area contributed by atoms with Crippen LogP contribution in [0.3, 0.4) is 0 Å². The second kappa shape index (κ2) is 14.0. The first-order chi connectivity index (χ1) is 28.7. The van der Waals surface area contributed by atoms with Crippen LogP contribution in [0.25, 0.3) is 101 Å². The summed E-state index contributed by atoms with van der Waals surface area (Å²) in [5.74, 6) is 2.17. The molecule has 0 radical (unpaired) electrons. The van der Waals surface area contributed by atoms with Crippen LogP contribution < -0.4 is 0 Å². The van der Waals surface area contributed by atoms with E-state index in [1.165, 1.54) is 0 Å². The van der Waals surface area contributed by atoms with Crippen molar-refractivity contribution in [2.45, 2.75) is 0 Å². The standard InChI is InChI=1S/C52H34N6/c1-5-17-35(18-6-1)43-33-46(36-19-7-2-8-20-36)51-55-49(56-57(51)34-43)42-28-16-26-40(32-42)39-25-15-27-41(31-39)48-53-50(38-23-11-4-12-24-38)58-47(37-21-9-3-10-22-37)44-29-13-14-30-45(44)52(58)54-48/h1-34H. The molecule has 0 N–H and O–H groups in total. The van der Waals surface area contributed by atoms with Crippen molar-refractivity contribution in [3.8, 4) is 78.8 Å². The Morgan fingerprint density at radius 2 is 0.828 bits per heavy atom. The highest BCUT2D eigenvalue weighted by atomic mass is 15.3. The summed E-state index contributed by atoms with van der Waals surface area (Å²) in [6, 6.07) is 69.4. The van der Waals surface area contributed by atoms with Crippen LogP contribution in [0.5, 0.6) is 0 Å². The lowest BCUT2D eigenvalue weighted by molar-refractivity contribution is 0.968. The lowest BCUT2D eigenvalue weighted by Gasteiger charge is -2.13. The SMILES string of the molecule is c1ccc(-c2cc(-c3ccccc3)c3nc(-c4cccc(-c5cccc(-c6nc(-c7ccccc7)n7c(-c8ccccc8)c8ccccc8c7n6)c5)c4)nn3c2)cc1. The van der Waals surface area contributed by atoms with Crippen LogP contribution in [0.1, 0.15) is 0 Å². The van der Waals surface area contributed by atoms with Gasteiger partial charge in [-0.15, -0.1) is 5.10 Å². The topological polar surface area (TPSA) is 60.4 Å². The van der Waals surface area contributed by atoms with E-state index in [0.717, 1.165) is 89.2 Å². The number of nitrogens with zero attached hydrogens (tertiary/aromatic N) is 6. The maximum Gasteiger partial charge on any atom is 0.182 e. The first-order valence-electron chi connectivity index (χ1n) is 19.4. The van der Waals surface area contributed by atoms with Gasteiger partial charge < -0.3 is 0 Å². The Labute approximate surface area is 335 Å². The molecule has 0 saturated heterocycles. The molecule has 0 bridgehead atoms. The van der Waals surface area contributed by atoms with Crippen molar-refractivity contribution in [1.82, 2.24) is 29.0 Å². The molecule has 0 fully saturated rings. The third kappa shape index (κ3) is 5.83. The molecule has 6 heteroatoms. The lowest BCUT2D eigenvalue weighted by Crippen LogP contribution is -2.03. The van der Waals surface area contributed by atoms with E-state index in [2.05, 4.69) is 187 Å². The average molecular weight is 743 g/mol. The molecule has 6 nitrogen and oxygen atoms in total. The van der Waals surface area contributed by atoms with Gasteiger partial charge in [0.1, 0.15) is 11.5 Å². The summed E-state index contributed by atoms with van der Waals surface area (Å²) in [6.07, 6.45) is 2.07. The van der Waals surface area contributed by atoms with Gasteiger partial charge in [0, 0.05) is 44.8 Å². The van der Waals surface area contributed by atoms with Gasteiger partial charge in [-0.3, -0.25) is 4.40 Å². The van der Waals surface area contributed by atoms with Crippen molar-refractivity contribution in [2.24, 2.45) is 0 Å². The number of pyridine rings is 1. The largest absolute Gasteiger partial charge is 0.277 e. The maximum atomic E-state index is 5.34. The van der Waals surface area contributed by atoms with E-state index in [0.29, 0.717) is 11.6 Å². The van der Waals surface area contributed by atoms with Crippen molar-refractivity contribution in [1.29, 1.82) is 0 Å². The zero-order valence-electron chi connectivity index (χ0n) is 31.3. The zero-order chi connectivity index (χ0) is 38.4. The summed E-state index contributed by atoms with van der Waals surface area (Å²) in [6.45, 7) is 0. The minimum absolute atomic E-state index is 0.663. The number of aromatic nitrogens is 6. The molecule has 272 valence electrons. The molecular weight excluding hydrogens is 709 g/mol. The molecule has 0 aliphatic rings. The van der Waals surface area contributed by atoms with E-state index < -0.39 is 0 Å². The molecule has 0 aliphatic carbocycles. The smallest absolute Gasteiger partial charge is 0.182 e. The molecule has 0 unspecified atom stereocenters. The van der Waals surface area contributed by atoms with Gasteiger partial charge in [-0.05, 0) is 46.0 Å². The van der Waals surface area contributed by atoms with Crippen LogP contribution in [0.2, 0.25) is 0 Å². The molecule has 0 spiro atoms. The molecule has 4 heterocycles. The minimum atomic E-state index is 0.663. The van der Waals surface area contributed by atoms with E-state index in [4.69, 9.17) is 20.1 Å². The third-order valence-corrected chi connectivity index (χ3v) is 10.8. The van der Waals surface area contributed by atoms with Gasteiger partial charge in [-0.1, -0.05) is 182 Å². The summed E-state index contributed by atoms with van der Waals surface area (Å²) in [5.41, 5.74) is 13.2. The Balaban J connectivity index is 1.03. The van der Waals surface area contributed by atoms with Crippen LogP contribution in [0, 0.1) is 0 Å². The summed E-state index contributed by atoms with van der Waals surface area (Å²) >= 11 is 0. The van der Waals surface area contributed by atoms with Crippen LogP contribution in [-0.2, 0) is 0 Å². The number of hydrogen-bond donors (Lipinski definition) is 0. The number of benzene rings is 7. The number of fused-ring (bicyclic) bond motifs is 4. The maximum absolute atomic E-state index is 5.34. The molecule has 11 rings (SSSR count). The number of hydrogen-bond acceptors (Lipinski definition) is 4. The van der Waals surface area contributed by atoms with Crippen molar-refractivity contribution in [2.75, 3.05) is 0 Å². The highest BCUT2D eigenvalue weighted by Gasteiger charge is 2.21. The molecule has 0 atom stereocenters. The molecule has 58 heavy (non-hydrogen) atoms. The average Bonchev–Trinajstić information content (AvgIpc) is 3.90. The van der Waals surface area contributed by atoms with Crippen LogP contribution in [-0.4, -0.2) is 29.0 Å². The molecule has 11 aromatic rings. The fourth-order valence-corrected chi connectivity index (χ4v) is 8.02. The van der Waals surface area contributed by atoms with E-state index >= 15 is 0 Å². The minimum Gasteiger partial charge on any atom is -0.277 e. The summed E-state index contributed by atoms with van der Waals surface area (Å²) in [5, 5.41) is 7.27. The normalized spacial score (nSPS) is 11.4. The van der Waals surface area contributed by atoms with Crippen LogP contribution >= 0.6 is 0 Å². The fourth-order valence-electron chi connectivity index (χ4n) is 8.02. The lowest BCUT2D eigenvalue weighted by atomic mass is 10.0. The molecule has 0 saturated carbocycles. The van der Waals surface area contributed by atoms with E-state index in [1.807, 2.05) is 28.8 Å². The molecule has 0 aliphatic heterocycles. The first-order valence-corrected chi connectivity index (χ1v) is 19.4. The predicted octanol–water partition coefficient (Wildman–Crippen LogP) is 12.6. The summed E-state index contributed by atoms with van der Waals surface area (Å²) in [7, 11) is 0. The predicted molar refractivity (Wildman–Crippen MR) is 235 cm³/mol. The highest BCUT2D eigenvalue weighted by Crippen LogP contribution is 2.38. The fraction of sp³-hybridized carbons (Fsp3) is 0. The molecule has 0 amide bonds. The Morgan fingerprint density at radius 3 is 1.48 bits per heavy atom. The van der Waals surface area contributed by atoms with Gasteiger partial charge in [0.25, 0.3) is 0 Å². The first kappa shape index (κ1) is 33.4. The van der Waals surface area contributed by atoms with Crippen LogP contribution in [0.15, 0.2) is 206 Å². The van der Waals surface area contributed by atoms with Crippen LogP contribution in [0.4, 0.5) is 0 Å². The van der Waals surface area contributed by atoms with Crippen molar-refractivity contribution >= 4 is 22.1 Å². The van der Waals surface area contributed by atoms with E-state index in [9.17, 15) is 0 Å². The number of rotatable bonds is 7. The van der Waals surface area contributed by atoms with Crippen molar-refractivity contribution < 1.29 is 0 Å². The van der Waals surface area contributed by atoms with Crippen molar-refractivity contribution in [3.63, 3.8) is 0 Å². The molecular formula is C52H34N6. The van der Waals surface area contributed by atoms with Gasteiger partial charge in [-0.2, -0.15) is 0 Å². The van der Waals surface area contributed by atoms with E-state index in [1.54, 1.807) is 0 Å². The monoisotopic (exact) mass is 742 g/mol. The Hall–Kier alpha value is -7.96.